The van der Waals surface area contributed by atoms with Gasteiger partial charge in [-0.05, 0) is 43.9 Å². The molecule has 0 radical (unpaired) electrons. The molecular formula is C17H21N3O3. The maximum absolute atomic E-state index is 13.2. The SMILES string of the molecule is [2H]N1C(=O)C([2H])([2H])CC([2H])(N2Cc3c(c(C)c(C)c(C)c3N([2H])C)C2=O)C1=O. The smallest absolute Gasteiger partial charge is 0.255 e. The van der Waals surface area contributed by atoms with Crippen LogP contribution in [0.3, 0.4) is 0 Å². The lowest BCUT2D eigenvalue weighted by molar-refractivity contribution is -0.136. The van der Waals surface area contributed by atoms with Crippen LogP contribution in [0, 0.1) is 20.8 Å². The van der Waals surface area contributed by atoms with Crippen LogP contribution in [0.2, 0.25) is 2.82 Å². The highest BCUT2D eigenvalue weighted by Crippen LogP contribution is 2.38. The number of imide groups is 1. The lowest BCUT2D eigenvalue weighted by Crippen LogP contribution is -2.52. The number of benzene rings is 1. The molecule has 6 nitrogen and oxygen atoms in total. The summed E-state index contributed by atoms with van der Waals surface area (Å²) in [7, 11) is 1.51. The summed E-state index contributed by atoms with van der Waals surface area (Å²) < 4.78 is 39.9. The van der Waals surface area contributed by atoms with Gasteiger partial charge in [0.1, 0.15) is 6.02 Å². The highest BCUT2D eigenvalue weighted by molar-refractivity contribution is 6.07. The molecule has 23 heavy (non-hydrogen) atoms. The van der Waals surface area contributed by atoms with Crippen LogP contribution in [0.4, 0.5) is 5.69 Å². The van der Waals surface area contributed by atoms with E-state index in [2.05, 4.69) is 0 Å². The van der Waals surface area contributed by atoms with E-state index in [1.54, 1.807) is 6.92 Å². The Bertz CT molecular complexity index is 933. The van der Waals surface area contributed by atoms with Gasteiger partial charge in [0.2, 0.25) is 11.8 Å². The second-order valence-electron chi connectivity index (χ2n) is 5.71. The third-order valence-electron chi connectivity index (χ3n) is 4.62. The number of nitrogens with one attached hydrogen (secondary N) is 2. The molecule has 0 saturated carbocycles. The highest BCUT2D eigenvalue weighted by Gasteiger charge is 2.41. The van der Waals surface area contributed by atoms with E-state index in [4.69, 9.17) is 6.94 Å². The van der Waals surface area contributed by atoms with Gasteiger partial charge in [-0.3, -0.25) is 19.7 Å². The number of carbonyl (C=O) groups is 3. The predicted molar refractivity (Wildman–Crippen MR) is 86.2 cm³/mol. The number of amides is 3. The van der Waals surface area contributed by atoms with Crippen molar-refractivity contribution >= 4 is 23.4 Å². The Morgan fingerprint density at radius 3 is 2.65 bits per heavy atom. The van der Waals surface area contributed by atoms with Gasteiger partial charge in [-0.25, -0.2) is 0 Å². The molecule has 1 aromatic carbocycles. The lowest BCUT2D eigenvalue weighted by Gasteiger charge is -2.29. The van der Waals surface area contributed by atoms with Crippen molar-refractivity contribution in [2.24, 2.45) is 0 Å². The molecule has 2 N–H and O–H groups in total. The van der Waals surface area contributed by atoms with Crippen molar-refractivity contribution in [2.75, 3.05) is 12.4 Å². The highest BCUT2D eigenvalue weighted by atomic mass is 16.2. The van der Waals surface area contributed by atoms with E-state index in [1.807, 2.05) is 13.8 Å². The van der Waals surface area contributed by atoms with Crippen molar-refractivity contribution in [3.63, 3.8) is 0 Å². The van der Waals surface area contributed by atoms with Crippen molar-refractivity contribution < 1.29 is 21.3 Å². The number of nitrogens with zero attached hydrogens (tertiary/aromatic N) is 1. The van der Waals surface area contributed by atoms with Crippen LogP contribution in [0.15, 0.2) is 0 Å². The summed E-state index contributed by atoms with van der Waals surface area (Å²) in [5, 5.41) is 0.962. The Kier molecular flexibility index (Phi) is 2.43. The average Bonchev–Trinajstić information content (AvgIpc) is 2.93. The second-order valence-corrected chi connectivity index (χ2v) is 5.71. The molecule has 1 atom stereocenters. The van der Waals surface area contributed by atoms with E-state index in [0.29, 0.717) is 16.8 Å². The van der Waals surface area contributed by atoms with E-state index in [9.17, 15) is 14.4 Å². The van der Waals surface area contributed by atoms with Crippen molar-refractivity contribution in [3.8, 4) is 0 Å². The Balaban J connectivity index is 2.17. The molecule has 2 aliphatic rings. The van der Waals surface area contributed by atoms with Gasteiger partial charge >= 0.3 is 0 Å². The third kappa shape index (κ3) is 2.20. The molecule has 2 heterocycles. The van der Waals surface area contributed by atoms with E-state index >= 15 is 0 Å². The minimum atomic E-state index is -2.62. The standard InChI is InChI=1S/C17H21N3O3/c1-8-9(2)14-11(15(18-4)10(8)3)7-20(17(14)23)12-5-6-13(21)19-16(12)22/h12,18H,5-7H2,1-4H3,(H,19,21,22)/i6D2,12D/hD2. The summed E-state index contributed by atoms with van der Waals surface area (Å²) in [5.74, 6) is -3.25. The Morgan fingerprint density at radius 2 is 2.00 bits per heavy atom. The number of rotatable bonds is 2. The molecule has 1 fully saturated rings. The average molecular weight is 320 g/mol. The number of carbonyl (C=O) groups excluding carboxylic acids is 3. The molecule has 1 unspecified atom stereocenters. The molecule has 0 spiro atoms. The zero-order valence-corrected chi connectivity index (χ0v) is 13.5. The van der Waals surface area contributed by atoms with Gasteiger partial charge < -0.3 is 10.2 Å². The van der Waals surface area contributed by atoms with Crippen molar-refractivity contribution in [3.05, 3.63) is 27.8 Å². The van der Waals surface area contributed by atoms with Crippen molar-refractivity contribution in [1.82, 2.24) is 10.2 Å². The Hall–Kier alpha value is -2.37. The van der Waals surface area contributed by atoms with Crippen molar-refractivity contribution in [2.45, 2.75) is 46.1 Å². The summed E-state index contributed by atoms with van der Waals surface area (Å²) in [4.78, 5) is 38.6. The van der Waals surface area contributed by atoms with Gasteiger partial charge in [-0.15, -0.1) is 0 Å². The summed E-state index contributed by atoms with van der Waals surface area (Å²) in [6.45, 7) is 5.21. The van der Waals surface area contributed by atoms with Crippen LogP contribution in [0.25, 0.3) is 0 Å². The quantitative estimate of drug-likeness (QED) is 0.808. The van der Waals surface area contributed by atoms with Crippen LogP contribution < -0.4 is 10.6 Å². The molecular weight excluding hydrogens is 294 g/mol. The fraction of sp³-hybridized carbons (Fsp3) is 0.471. The molecule has 6 heteroatoms. The summed E-state index contributed by atoms with van der Waals surface area (Å²) in [6, 6.07) is -2.43. The monoisotopic (exact) mass is 320 g/mol. The molecule has 3 rings (SSSR count). The predicted octanol–water partition coefficient (Wildman–Crippen LogP) is 1.41. The van der Waals surface area contributed by atoms with Crippen molar-refractivity contribution in [1.29, 1.82) is 0 Å². The van der Waals surface area contributed by atoms with Gasteiger partial charge in [-0.1, -0.05) is 0 Å². The molecule has 0 aliphatic carbocycles. The fourth-order valence-corrected chi connectivity index (χ4v) is 3.19. The van der Waals surface area contributed by atoms with Gasteiger partial charge in [0, 0.05) is 39.5 Å². The second kappa shape index (κ2) is 5.37. The van der Waals surface area contributed by atoms with Crippen LogP contribution in [0.1, 0.15) is 49.5 Å². The summed E-state index contributed by atoms with van der Waals surface area (Å²) in [5.41, 5.74) is 3.53. The van der Waals surface area contributed by atoms with Crippen LogP contribution in [0.5, 0.6) is 0 Å². The molecule has 122 valence electrons. The van der Waals surface area contributed by atoms with Crippen LogP contribution in [-0.2, 0) is 16.1 Å². The molecule has 1 saturated heterocycles. The molecule has 3 amide bonds. The molecule has 0 bridgehead atoms. The van der Waals surface area contributed by atoms with Crippen LogP contribution >= 0.6 is 0 Å². The zero-order valence-electron chi connectivity index (χ0n) is 18.5. The molecule has 1 aromatic rings. The first-order valence-electron chi connectivity index (χ1n) is 9.70. The normalized spacial score (nSPS) is 29.6. The van der Waals surface area contributed by atoms with E-state index in [1.165, 1.54) is 7.05 Å². The fourth-order valence-electron chi connectivity index (χ4n) is 3.19. The minimum absolute atomic E-state index is 0.159. The summed E-state index contributed by atoms with van der Waals surface area (Å²) >= 11 is 0. The lowest BCUT2D eigenvalue weighted by atomic mass is 9.93. The Morgan fingerprint density at radius 1 is 1.30 bits per heavy atom. The maximum atomic E-state index is 13.2. The first-order chi connectivity index (χ1) is 12.8. The summed E-state index contributed by atoms with van der Waals surface area (Å²) in [6.07, 6.45) is -3.47. The largest absolute Gasteiger partial charge is 0.388 e. The minimum Gasteiger partial charge on any atom is -0.388 e. The number of hydrogen-bond donors (Lipinski definition) is 2. The number of piperidine rings is 1. The maximum Gasteiger partial charge on any atom is 0.255 e. The first-order valence-corrected chi connectivity index (χ1v) is 7.30. The molecule has 2 aliphatic heterocycles. The number of fused-ring (bicyclic) bond motifs is 1. The van der Waals surface area contributed by atoms with E-state index in [-0.39, 0.29) is 17.4 Å². The van der Waals surface area contributed by atoms with E-state index < -0.39 is 36.5 Å². The molecule has 0 aromatic heterocycles. The van der Waals surface area contributed by atoms with Gasteiger partial charge in [0.25, 0.3) is 5.91 Å². The van der Waals surface area contributed by atoms with Gasteiger partial charge in [-0.2, -0.15) is 0 Å². The number of hydrogen-bond acceptors (Lipinski definition) is 4. The zero-order chi connectivity index (χ0) is 21.3. The number of anilines is 1. The third-order valence-corrected chi connectivity index (χ3v) is 4.62. The van der Waals surface area contributed by atoms with E-state index in [0.717, 1.165) is 21.3 Å². The topological polar surface area (TPSA) is 78.5 Å². The Labute approximate surface area is 142 Å². The van der Waals surface area contributed by atoms with Gasteiger partial charge in [0.05, 0.1) is 1.37 Å². The van der Waals surface area contributed by atoms with Gasteiger partial charge in [0.15, 0.2) is 2.82 Å². The first kappa shape index (κ1) is 10.4. The van der Waals surface area contributed by atoms with Crippen LogP contribution in [-0.4, -0.2) is 35.7 Å².